The summed E-state index contributed by atoms with van der Waals surface area (Å²) in [7, 11) is 0. The van der Waals surface area contributed by atoms with E-state index in [1.165, 1.54) is 0 Å². The molecule has 1 aromatic rings. The molecule has 3 heteroatoms. The van der Waals surface area contributed by atoms with Crippen LogP contribution in [0.1, 0.15) is 12.5 Å². The maximum Gasteiger partial charge on any atom is 0.0455 e. The Morgan fingerprint density at radius 2 is 2.23 bits per heavy atom. The predicted molar refractivity (Wildman–Crippen MR) is 58.3 cm³/mol. The lowest BCUT2D eigenvalue weighted by Crippen LogP contribution is -2.25. The molecule has 13 heavy (non-hydrogen) atoms. The molecule has 0 aliphatic carbocycles. The number of rotatable bonds is 3. The molecule has 1 atom stereocenters. The van der Waals surface area contributed by atoms with Gasteiger partial charge in [0.05, 0.1) is 0 Å². The maximum atomic E-state index is 5.97. The van der Waals surface area contributed by atoms with Gasteiger partial charge in [0.2, 0.25) is 0 Å². The maximum absolute atomic E-state index is 5.97. The molecule has 1 unspecified atom stereocenters. The van der Waals surface area contributed by atoms with Crippen LogP contribution in [0.3, 0.4) is 0 Å². The molecule has 2 nitrogen and oxygen atoms in total. The summed E-state index contributed by atoms with van der Waals surface area (Å²) >= 11 is 5.97. The Hall–Kier alpha value is -0.730. The van der Waals surface area contributed by atoms with Crippen molar-refractivity contribution < 1.29 is 0 Å². The van der Waals surface area contributed by atoms with Crippen molar-refractivity contribution in [3.8, 4) is 0 Å². The monoisotopic (exact) mass is 198 g/mol. The zero-order valence-corrected chi connectivity index (χ0v) is 8.73. The molecule has 0 aliphatic heterocycles. The first-order chi connectivity index (χ1) is 6.15. The van der Waals surface area contributed by atoms with Crippen molar-refractivity contribution in [1.29, 1.82) is 0 Å². The number of nitrogens with two attached hydrogens (primary N) is 1. The van der Waals surface area contributed by atoms with Crippen LogP contribution in [-0.4, -0.2) is 12.6 Å². The van der Waals surface area contributed by atoms with E-state index in [-0.39, 0.29) is 6.04 Å². The average molecular weight is 199 g/mol. The SMILES string of the molecule is Cc1c(Cl)cccc1NC(C)CN. The Morgan fingerprint density at radius 3 is 2.85 bits per heavy atom. The zero-order valence-electron chi connectivity index (χ0n) is 7.97. The highest BCUT2D eigenvalue weighted by atomic mass is 35.5. The van der Waals surface area contributed by atoms with Crippen molar-refractivity contribution in [2.24, 2.45) is 5.73 Å². The number of anilines is 1. The van der Waals surface area contributed by atoms with E-state index in [4.69, 9.17) is 17.3 Å². The molecule has 0 saturated heterocycles. The molecule has 0 saturated carbocycles. The third-order valence-corrected chi connectivity index (χ3v) is 2.43. The van der Waals surface area contributed by atoms with Gasteiger partial charge >= 0.3 is 0 Å². The Morgan fingerprint density at radius 1 is 1.54 bits per heavy atom. The number of benzene rings is 1. The fraction of sp³-hybridized carbons (Fsp3) is 0.400. The van der Waals surface area contributed by atoms with Crippen molar-refractivity contribution >= 4 is 17.3 Å². The highest BCUT2D eigenvalue weighted by Gasteiger charge is 2.03. The second-order valence-electron chi connectivity index (χ2n) is 3.19. The standard InChI is InChI=1S/C10H15ClN2/c1-7(6-12)13-10-5-3-4-9(11)8(10)2/h3-5,7,13H,6,12H2,1-2H3. The van der Waals surface area contributed by atoms with Crippen LogP contribution >= 0.6 is 11.6 Å². The van der Waals surface area contributed by atoms with E-state index in [1.54, 1.807) is 0 Å². The number of halogens is 1. The van der Waals surface area contributed by atoms with Crippen LogP contribution in [0.15, 0.2) is 18.2 Å². The van der Waals surface area contributed by atoms with Gasteiger partial charge in [-0.2, -0.15) is 0 Å². The minimum absolute atomic E-state index is 0.275. The molecule has 0 heterocycles. The molecular weight excluding hydrogens is 184 g/mol. The van der Waals surface area contributed by atoms with E-state index in [0.29, 0.717) is 6.54 Å². The summed E-state index contributed by atoms with van der Waals surface area (Å²) in [6.45, 7) is 4.65. The van der Waals surface area contributed by atoms with Gasteiger partial charge in [0.1, 0.15) is 0 Å². The summed E-state index contributed by atoms with van der Waals surface area (Å²) in [5.74, 6) is 0. The molecule has 0 spiro atoms. The smallest absolute Gasteiger partial charge is 0.0455 e. The molecule has 1 rings (SSSR count). The molecule has 0 aromatic heterocycles. The summed E-state index contributed by atoms with van der Waals surface area (Å²) in [5, 5.41) is 4.08. The summed E-state index contributed by atoms with van der Waals surface area (Å²) < 4.78 is 0. The third kappa shape index (κ3) is 2.61. The molecule has 72 valence electrons. The lowest BCUT2D eigenvalue weighted by atomic mass is 10.2. The van der Waals surface area contributed by atoms with Gasteiger partial charge in [0, 0.05) is 23.3 Å². The van der Waals surface area contributed by atoms with Crippen LogP contribution in [0.25, 0.3) is 0 Å². The average Bonchev–Trinajstić information content (AvgIpc) is 2.13. The van der Waals surface area contributed by atoms with Crippen molar-refractivity contribution in [1.82, 2.24) is 0 Å². The van der Waals surface area contributed by atoms with Crippen LogP contribution < -0.4 is 11.1 Å². The van der Waals surface area contributed by atoms with E-state index >= 15 is 0 Å². The molecule has 0 fully saturated rings. The van der Waals surface area contributed by atoms with Crippen molar-refractivity contribution in [2.75, 3.05) is 11.9 Å². The fourth-order valence-corrected chi connectivity index (χ4v) is 1.26. The molecule has 0 aliphatic rings. The van der Waals surface area contributed by atoms with Gasteiger partial charge in [-0.25, -0.2) is 0 Å². The first kappa shape index (κ1) is 10.4. The largest absolute Gasteiger partial charge is 0.381 e. The number of nitrogens with one attached hydrogen (secondary N) is 1. The van der Waals surface area contributed by atoms with E-state index < -0.39 is 0 Å². The second kappa shape index (κ2) is 4.49. The van der Waals surface area contributed by atoms with Gasteiger partial charge < -0.3 is 11.1 Å². The van der Waals surface area contributed by atoms with Gasteiger partial charge in [-0.15, -0.1) is 0 Å². The minimum Gasteiger partial charge on any atom is -0.381 e. The van der Waals surface area contributed by atoms with E-state index in [9.17, 15) is 0 Å². The first-order valence-corrected chi connectivity index (χ1v) is 4.74. The first-order valence-electron chi connectivity index (χ1n) is 4.37. The van der Waals surface area contributed by atoms with Crippen LogP contribution in [0.4, 0.5) is 5.69 Å². The molecule has 0 radical (unpaired) electrons. The Bertz CT molecular complexity index is 286. The Labute approximate surface area is 84.1 Å². The summed E-state index contributed by atoms with van der Waals surface area (Å²) in [6, 6.07) is 6.10. The normalized spacial score (nSPS) is 12.6. The van der Waals surface area contributed by atoms with Crippen LogP contribution in [0, 0.1) is 6.92 Å². The van der Waals surface area contributed by atoms with Gasteiger partial charge in [0.15, 0.2) is 0 Å². The van der Waals surface area contributed by atoms with Crippen molar-refractivity contribution in [3.05, 3.63) is 28.8 Å². The van der Waals surface area contributed by atoms with Gasteiger partial charge in [-0.1, -0.05) is 17.7 Å². The molecule has 0 amide bonds. The van der Waals surface area contributed by atoms with E-state index in [0.717, 1.165) is 16.3 Å². The van der Waals surface area contributed by atoms with Gasteiger partial charge in [0.25, 0.3) is 0 Å². The lowest BCUT2D eigenvalue weighted by molar-refractivity contribution is 0.803. The van der Waals surface area contributed by atoms with Crippen molar-refractivity contribution in [3.63, 3.8) is 0 Å². The highest BCUT2D eigenvalue weighted by Crippen LogP contribution is 2.23. The summed E-state index contributed by atoms with van der Waals surface area (Å²) in [6.07, 6.45) is 0. The van der Waals surface area contributed by atoms with Crippen LogP contribution in [0.2, 0.25) is 5.02 Å². The Balaban J connectivity index is 2.83. The third-order valence-electron chi connectivity index (χ3n) is 2.02. The van der Waals surface area contributed by atoms with Gasteiger partial charge in [-0.3, -0.25) is 0 Å². The minimum atomic E-state index is 0.275. The van der Waals surface area contributed by atoms with Crippen LogP contribution in [0.5, 0.6) is 0 Å². The lowest BCUT2D eigenvalue weighted by Gasteiger charge is -2.15. The number of hydrogen-bond donors (Lipinski definition) is 2. The van der Waals surface area contributed by atoms with Crippen molar-refractivity contribution in [2.45, 2.75) is 19.9 Å². The van der Waals surface area contributed by atoms with Gasteiger partial charge in [-0.05, 0) is 31.5 Å². The van der Waals surface area contributed by atoms with Crippen LogP contribution in [-0.2, 0) is 0 Å². The topological polar surface area (TPSA) is 38.0 Å². The zero-order chi connectivity index (χ0) is 9.84. The molecule has 1 aromatic carbocycles. The summed E-state index contributed by atoms with van der Waals surface area (Å²) in [4.78, 5) is 0. The highest BCUT2D eigenvalue weighted by molar-refractivity contribution is 6.31. The molecule has 3 N–H and O–H groups in total. The van der Waals surface area contributed by atoms with E-state index in [2.05, 4.69) is 5.32 Å². The molecule has 0 bridgehead atoms. The second-order valence-corrected chi connectivity index (χ2v) is 3.60. The Kier molecular flexibility index (Phi) is 3.58. The quantitative estimate of drug-likeness (QED) is 0.783. The summed E-state index contributed by atoms with van der Waals surface area (Å²) in [5.41, 5.74) is 7.65. The fourth-order valence-electron chi connectivity index (χ4n) is 1.09. The predicted octanol–water partition coefficient (Wildman–Crippen LogP) is 2.41. The molecular formula is C10H15ClN2. The van der Waals surface area contributed by atoms with E-state index in [1.807, 2.05) is 32.0 Å². The number of hydrogen-bond acceptors (Lipinski definition) is 2.